The van der Waals surface area contributed by atoms with Crippen molar-refractivity contribution in [1.82, 2.24) is 4.98 Å². The third-order valence-corrected chi connectivity index (χ3v) is 5.06. The van der Waals surface area contributed by atoms with Gasteiger partial charge in [0.1, 0.15) is 17.1 Å². The van der Waals surface area contributed by atoms with E-state index in [1.54, 1.807) is 12.1 Å². The van der Waals surface area contributed by atoms with Gasteiger partial charge in [-0.1, -0.05) is 11.3 Å². The van der Waals surface area contributed by atoms with E-state index in [0.717, 1.165) is 17.4 Å². The van der Waals surface area contributed by atoms with Gasteiger partial charge >= 0.3 is 0 Å². The number of anilines is 1. The maximum Gasteiger partial charge on any atom is 0.260 e. The van der Waals surface area contributed by atoms with Crippen molar-refractivity contribution in [3.05, 3.63) is 83.3 Å². The number of furan rings is 1. The summed E-state index contributed by atoms with van der Waals surface area (Å²) in [5, 5.41) is 9.14. The monoisotopic (exact) mass is 395 g/mol. The molecule has 0 atom stereocenters. The number of carbonyl (C=O) groups is 1. The Bertz CT molecular complexity index is 1190. The summed E-state index contributed by atoms with van der Waals surface area (Å²) in [6, 6.07) is 13.4. The summed E-state index contributed by atoms with van der Waals surface area (Å²) in [4.78, 5) is 18.6. The highest BCUT2D eigenvalue weighted by atomic mass is 32.1. The fourth-order valence-corrected chi connectivity index (χ4v) is 3.69. The lowest BCUT2D eigenvalue weighted by Crippen LogP contribution is -2.30. The molecule has 0 saturated heterocycles. The van der Waals surface area contributed by atoms with Gasteiger partial charge in [0.25, 0.3) is 5.91 Å². The van der Waals surface area contributed by atoms with Crippen LogP contribution in [0.25, 0.3) is 10.2 Å². The molecule has 2 aromatic carbocycles. The number of amides is 1. The van der Waals surface area contributed by atoms with Crippen LogP contribution in [0.4, 0.5) is 13.9 Å². The van der Waals surface area contributed by atoms with Crippen LogP contribution in [0.2, 0.25) is 0 Å². The summed E-state index contributed by atoms with van der Waals surface area (Å²) in [6.45, 7) is 0.0652. The largest absolute Gasteiger partial charge is 0.467 e. The van der Waals surface area contributed by atoms with E-state index in [0.29, 0.717) is 21.6 Å². The number of halogens is 2. The summed E-state index contributed by atoms with van der Waals surface area (Å²) in [6.07, 6.45) is 1.48. The van der Waals surface area contributed by atoms with Gasteiger partial charge in [-0.2, -0.15) is 5.26 Å². The molecule has 138 valence electrons. The Labute approximate surface area is 162 Å². The van der Waals surface area contributed by atoms with Crippen LogP contribution in [0, 0.1) is 23.0 Å². The van der Waals surface area contributed by atoms with Crippen molar-refractivity contribution in [3.63, 3.8) is 0 Å². The van der Waals surface area contributed by atoms with E-state index >= 15 is 0 Å². The molecule has 0 spiro atoms. The maximum atomic E-state index is 14.1. The number of benzene rings is 2. The van der Waals surface area contributed by atoms with Crippen LogP contribution in [-0.2, 0) is 6.54 Å². The van der Waals surface area contributed by atoms with Crippen LogP contribution in [0.5, 0.6) is 0 Å². The fourth-order valence-electron chi connectivity index (χ4n) is 2.69. The molecule has 0 fully saturated rings. The molecular weight excluding hydrogens is 384 g/mol. The minimum atomic E-state index is -0.790. The van der Waals surface area contributed by atoms with Crippen LogP contribution >= 0.6 is 11.3 Å². The Hall–Kier alpha value is -3.57. The molecule has 4 aromatic rings. The topological polar surface area (TPSA) is 70.1 Å². The van der Waals surface area contributed by atoms with Gasteiger partial charge < -0.3 is 4.42 Å². The number of nitrogens with zero attached hydrogens (tertiary/aromatic N) is 3. The fraction of sp³-hybridized carbons (Fsp3) is 0.0500. The van der Waals surface area contributed by atoms with Crippen molar-refractivity contribution in [2.45, 2.75) is 6.54 Å². The first-order valence-electron chi connectivity index (χ1n) is 8.15. The molecule has 0 radical (unpaired) electrons. The minimum Gasteiger partial charge on any atom is -0.467 e. The first-order chi connectivity index (χ1) is 13.5. The first kappa shape index (κ1) is 17.8. The molecule has 5 nitrogen and oxygen atoms in total. The summed E-state index contributed by atoms with van der Waals surface area (Å²) < 4.78 is 33.2. The van der Waals surface area contributed by atoms with Gasteiger partial charge in [-0.3, -0.25) is 9.69 Å². The van der Waals surface area contributed by atoms with E-state index in [-0.39, 0.29) is 17.2 Å². The number of carbonyl (C=O) groups excluding carboxylic acids is 1. The van der Waals surface area contributed by atoms with Crippen LogP contribution in [0.3, 0.4) is 0 Å². The van der Waals surface area contributed by atoms with Crippen molar-refractivity contribution in [2.24, 2.45) is 0 Å². The van der Waals surface area contributed by atoms with Crippen molar-refractivity contribution in [1.29, 1.82) is 5.26 Å². The Morgan fingerprint density at radius 1 is 1.21 bits per heavy atom. The molecule has 0 N–H and O–H groups in total. The average Bonchev–Trinajstić information content (AvgIpc) is 3.35. The van der Waals surface area contributed by atoms with Gasteiger partial charge in [-0.25, -0.2) is 13.8 Å². The van der Waals surface area contributed by atoms with Crippen molar-refractivity contribution >= 4 is 32.6 Å². The molecule has 0 saturated carbocycles. The molecule has 2 heterocycles. The average molecular weight is 395 g/mol. The van der Waals surface area contributed by atoms with E-state index in [4.69, 9.17) is 9.68 Å². The van der Waals surface area contributed by atoms with Gasteiger partial charge in [0, 0.05) is 11.6 Å². The van der Waals surface area contributed by atoms with E-state index in [2.05, 4.69) is 4.98 Å². The van der Waals surface area contributed by atoms with E-state index in [9.17, 15) is 13.6 Å². The SMILES string of the molecule is N#Cc1ccc(C(=O)N(Cc2ccco2)c2nc3c(F)cc(F)cc3s2)cc1. The first-order valence-corrected chi connectivity index (χ1v) is 8.97. The maximum absolute atomic E-state index is 14.1. The lowest BCUT2D eigenvalue weighted by molar-refractivity contribution is 0.0983. The molecule has 0 bridgehead atoms. The number of hydrogen-bond acceptors (Lipinski definition) is 5. The number of aromatic nitrogens is 1. The molecule has 0 aliphatic rings. The molecule has 1 amide bonds. The highest BCUT2D eigenvalue weighted by molar-refractivity contribution is 7.22. The minimum absolute atomic E-state index is 0.00141. The lowest BCUT2D eigenvalue weighted by atomic mass is 10.1. The van der Waals surface area contributed by atoms with Gasteiger partial charge in [0.2, 0.25) is 0 Å². The van der Waals surface area contributed by atoms with Gasteiger partial charge in [-0.05, 0) is 42.5 Å². The second-order valence-electron chi connectivity index (χ2n) is 5.89. The number of thiazole rings is 1. The van der Waals surface area contributed by atoms with Crippen LogP contribution in [0.1, 0.15) is 21.7 Å². The third-order valence-electron chi connectivity index (χ3n) is 4.03. The Kier molecular flexibility index (Phi) is 4.59. The zero-order chi connectivity index (χ0) is 19.7. The Morgan fingerprint density at radius 2 is 2.00 bits per heavy atom. The highest BCUT2D eigenvalue weighted by Gasteiger charge is 2.24. The van der Waals surface area contributed by atoms with Crippen LogP contribution in [-0.4, -0.2) is 10.9 Å². The van der Waals surface area contributed by atoms with Crippen LogP contribution in [0.15, 0.2) is 59.2 Å². The second kappa shape index (κ2) is 7.21. The zero-order valence-electron chi connectivity index (χ0n) is 14.2. The van der Waals surface area contributed by atoms with E-state index in [1.807, 2.05) is 6.07 Å². The number of fused-ring (bicyclic) bond motifs is 1. The van der Waals surface area contributed by atoms with E-state index in [1.165, 1.54) is 41.5 Å². The lowest BCUT2D eigenvalue weighted by Gasteiger charge is -2.18. The number of nitriles is 1. The molecule has 0 aliphatic carbocycles. The molecule has 4 rings (SSSR count). The van der Waals surface area contributed by atoms with Crippen molar-refractivity contribution < 1.29 is 18.0 Å². The smallest absolute Gasteiger partial charge is 0.260 e. The predicted octanol–water partition coefficient (Wildman–Crippen LogP) is 4.89. The molecule has 2 aromatic heterocycles. The summed E-state index contributed by atoms with van der Waals surface area (Å²) in [5.41, 5.74) is 0.751. The van der Waals surface area contributed by atoms with Gasteiger partial charge in [0.05, 0.1) is 29.1 Å². The number of hydrogen-bond donors (Lipinski definition) is 0. The van der Waals surface area contributed by atoms with Gasteiger partial charge in [0.15, 0.2) is 10.9 Å². The standard InChI is InChI=1S/C20H11F2N3O2S/c21-14-8-16(22)18-17(9-14)28-20(24-18)25(11-15-2-1-7-27-15)19(26)13-5-3-12(10-23)4-6-13/h1-9H,11H2. The predicted molar refractivity (Wildman–Crippen MR) is 99.9 cm³/mol. The Morgan fingerprint density at radius 3 is 2.68 bits per heavy atom. The summed E-state index contributed by atoms with van der Waals surface area (Å²) in [5.74, 6) is -1.40. The molecule has 28 heavy (non-hydrogen) atoms. The highest BCUT2D eigenvalue weighted by Crippen LogP contribution is 2.32. The van der Waals surface area contributed by atoms with Gasteiger partial charge in [-0.15, -0.1) is 0 Å². The summed E-state index contributed by atoms with van der Waals surface area (Å²) in [7, 11) is 0. The molecule has 8 heteroatoms. The normalized spacial score (nSPS) is 10.8. The second-order valence-corrected chi connectivity index (χ2v) is 6.90. The quantitative estimate of drug-likeness (QED) is 0.493. The van der Waals surface area contributed by atoms with E-state index < -0.39 is 17.5 Å². The Balaban J connectivity index is 1.78. The van der Waals surface area contributed by atoms with Crippen molar-refractivity contribution in [3.8, 4) is 6.07 Å². The zero-order valence-corrected chi connectivity index (χ0v) is 15.0. The molecule has 0 unspecified atom stereocenters. The molecular formula is C20H11F2N3O2S. The summed E-state index contributed by atoms with van der Waals surface area (Å²) >= 11 is 1.01. The number of rotatable bonds is 4. The molecule has 0 aliphatic heterocycles. The van der Waals surface area contributed by atoms with Crippen molar-refractivity contribution in [2.75, 3.05) is 4.90 Å². The van der Waals surface area contributed by atoms with Crippen LogP contribution < -0.4 is 4.90 Å². The third kappa shape index (κ3) is 3.35.